The second-order valence-corrected chi connectivity index (χ2v) is 6.86. The van der Waals surface area contributed by atoms with Crippen LogP contribution in [0, 0.1) is 5.82 Å². The molecule has 0 aliphatic carbocycles. The molecule has 1 fully saturated rings. The zero-order valence-corrected chi connectivity index (χ0v) is 14.8. The van der Waals surface area contributed by atoms with Crippen LogP contribution in [0.25, 0.3) is 6.08 Å². The zero-order valence-electron chi connectivity index (χ0n) is 13.2. The minimum absolute atomic E-state index is 0.0915. The van der Waals surface area contributed by atoms with E-state index in [1.54, 1.807) is 36.4 Å². The Bertz CT molecular complexity index is 929. The highest BCUT2D eigenvalue weighted by molar-refractivity contribution is 8.27. The number of rotatable bonds is 5. The normalized spacial score (nSPS) is 15.6. The minimum Gasteiger partial charge on any atom is -0.481 e. The Morgan fingerprint density at radius 2 is 1.92 bits per heavy atom. The van der Waals surface area contributed by atoms with Crippen LogP contribution in [0.1, 0.15) is 5.56 Å². The standard InChI is InChI=1S/C18H12FNO4S2/c19-12-6-2-3-7-13(12)20-17(23)15(26-18(20)25)9-11-5-1-4-8-14(11)24-10-16(21)22/h1-9H,10H2,(H,21,22)/b15-9-. The first-order valence-corrected chi connectivity index (χ1v) is 8.66. The number of hydrogen-bond donors (Lipinski definition) is 1. The maximum Gasteiger partial charge on any atom is 0.341 e. The van der Waals surface area contributed by atoms with E-state index in [0.717, 1.165) is 16.7 Å². The van der Waals surface area contributed by atoms with Crippen molar-refractivity contribution in [1.82, 2.24) is 0 Å². The minimum atomic E-state index is -1.11. The fourth-order valence-electron chi connectivity index (χ4n) is 2.32. The number of carboxylic acids is 1. The Morgan fingerprint density at radius 3 is 2.65 bits per heavy atom. The Balaban J connectivity index is 1.92. The highest BCUT2D eigenvalue weighted by Gasteiger charge is 2.34. The van der Waals surface area contributed by atoms with Crippen molar-refractivity contribution >= 4 is 51.9 Å². The lowest BCUT2D eigenvalue weighted by Crippen LogP contribution is -2.28. The van der Waals surface area contributed by atoms with Gasteiger partial charge in [-0.3, -0.25) is 9.69 Å². The van der Waals surface area contributed by atoms with Gasteiger partial charge in [-0.15, -0.1) is 0 Å². The third kappa shape index (κ3) is 3.76. The largest absolute Gasteiger partial charge is 0.481 e. The smallest absolute Gasteiger partial charge is 0.341 e. The molecule has 0 saturated carbocycles. The summed E-state index contributed by atoms with van der Waals surface area (Å²) in [6.45, 7) is -0.499. The number of aliphatic carboxylic acids is 1. The van der Waals surface area contributed by atoms with Crippen LogP contribution in [0.15, 0.2) is 53.4 Å². The second-order valence-electron chi connectivity index (χ2n) is 5.19. The van der Waals surface area contributed by atoms with Gasteiger partial charge in [-0.1, -0.05) is 54.3 Å². The van der Waals surface area contributed by atoms with Crippen LogP contribution in [0.5, 0.6) is 5.75 Å². The Hall–Kier alpha value is -2.71. The maximum absolute atomic E-state index is 14.0. The van der Waals surface area contributed by atoms with E-state index in [0.29, 0.717) is 16.2 Å². The highest BCUT2D eigenvalue weighted by Crippen LogP contribution is 2.37. The van der Waals surface area contributed by atoms with Crippen LogP contribution in [-0.4, -0.2) is 27.9 Å². The summed E-state index contributed by atoms with van der Waals surface area (Å²) in [6.07, 6.45) is 1.55. The van der Waals surface area contributed by atoms with Crippen molar-refractivity contribution < 1.29 is 23.8 Å². The van der Waals surface area contributed by atoms with Crippen LogP contribution in [0.2, 0.25) is 0 Å². The number of nitrogens with zero attached hydrogens (tertiary/aromatic N) is 1. The molecule has 1 heterocycles. The second kappa shape index (κ2) is 7.67. The predicted molar refractivity (Wildman–Crippen MR) is 102 cm³/mol. The number of thioether (sulfide) groups is 1. The van der Waals surface area contributed by atoms with E-state index in [4.69, 9.17) is 22.1 Å². The van der Waals surface area contributed by atoms with E-state index in [1.807, 2.05) is 0 Å². The summed E-state index contributed by atoms with van der Waals surface area (Å²) in [5.41, 5.74) is 0.622. The monoisotopic (exact) mass is 389 g/mol. The molecule has 1 aliphatic heterocycles. The lowest BCUT2D eigenvalue weighted by atomic mass is 10.2. The van der Waals surface area contributed by atoms with E-state index in [2.05, 4.69) is 0 Å². The number of ether oxygens (including phenoxy) is 1. The van der Waals surface area contributed by atoms with Crippen LogP contribution < -0.4 is 9.64 Å². The number of anilines is 1. The number of carbonyl (C=O) groups is 2. The lowest BCUT2D eigenvalue weighted by molar-refractivity contribution is -0.139. The maximum atomic E-state index is 14.0. The molecule has 3 rings (SSSR count). The Labute approximate surface area is 158 Å². The van der Waals surface area contributed by atoms with Gasteiger partial charge in [-0.25, -0.2) is 9.18 Å². The van der Waals surface area contributed by atoms with E-state index >= 15 is 0 Å². The third-order valence-electron chi connectivity index (χ3n) is 3.44. The number of amides is 1. The number of benzene rings is 2. The predicted octanol–water partition coefficient (Wildman–Crippen LogP) is 3.69. The summed E-state index contributed by atoms with van der Waals surface area (Å²) in [6, 6.07) is 12.6. The quantitative estimate of drug-likeness (QED) is 0.621. The van der Waals surface area contributed by atoms with Gasteiger partial charge in [0.1, 0.15) is 11.6 Å². The molecule has 2 aromatic carbocycles. The first kappa shape index (κ1) is 18.1. The molecule has 0 aromatic heterocycles. The van der Waals surface area contributed by atoms with Gasteiger partial charge in [0.15, 0.2) is 10.9 Å². The van der Waals surface area contributed by atoms with E-state index in [9.17, 15) is 14.0 Å². The highest BCUT2D eigenvalue weighted by atomic mass is 32.2. The number of para-hydroxylation sites is 2. The van der Waals surface area contributed by atoms with Gasteiger partial charge < -0.3 is 9.84 Å². The molecule has 8 heteroatoms. The molecule has 1 saturated heterocycles. The number of carboxylic acid groups (broad SMARTS) is 1. The molecule has 0 atom stereocenters. The number of halogens is 1. The molecule has 26 heavy (non-hydrogen) atoms. The van der Waals surface area contributed by atoms with Gasteiger partial charge >= 0.3 is 5.97 Å². The zero-order chi connectivity index (χ0) is 18.7. The SMILES string of the molecule is O=C(O)COc1ccccc1/C=C1\SC(=S)N(c2ccccc2F)C1=O. The molecule has 1 N–H and O–H groups in total. The average Bonchev–Trinajstić information content (AvgIpc) is 2.88. The third-order valence-corrected chi connectivity index (χ3v) is 4.75. The summed E-state index contributed by atoms with van der Waals surface area (Å²) in [4.78, 5) is 24.8. The number of thiocarbonyl (C=S) groups is 1. The van der Waals surface area contributed by atoms with Crippen molar-refractivity contribution in [2.45, 2.75) is 0 Å². The summed E-state index contributed by atoms with van der Waals surface area (Å²) >= 11 is 6.27. The fraction of sp³-hybridized carbons (Fsp3) is 0.0556. The summed E-state index contributed by atoms with van der Waals surface area (Å²) in [7, 11) is 0. The van der Waals surface area contributed by atoms with Crippen LogP contribution >= 0.6 is 24.0 Å². The van der Waals surface area contributed by atoms with Gasteiger partial charge in [-0.05, 0) is 24.3 Å². The molecule has 2 aromatic rings. The molecule has 0 unspecified atom stereocenters. The van der Waals surface area contributed by atoms with Crippen molar-refractivity contribution in [2.75, 3.05) is 11.5 Å². The molecule has 1 aliphatic rings. The number of carbonyl (C=O) groups excluding carboxylic acids is 1. The Morgan fingerprint density at radius 1 is 1.23 bits per heavy atom. The van der Waals surface area contributed by atoms with Gasteiger partial charge in [0, 0.05) is 5.56 Å². The van der Waals surface area contributed by atoms with E-state index in [1.165, 1.54) is 18.2 Å². The molecule has 0 spiro atoms. The van der Waals surface area contributed by atoms with Gasteiger partial charge in [0.25, 0.3) is 5.91 Å². The lowest BCUT2D eigenvalue weighted by Gasteiger charge is -2.14. The average molecular weight is 389 g/mol. The van der Waals surface area contributed by atoms with Gasteiger partial charge in [0.2, 0.25) is 0 Å². The van der Waals surface area contributed by atoms with Crippen molar-refractivity contribution in [3.63, 3.8) is 0 Å². The van der Waals surface area contributed by atoms with E-state index < -0.39 is 24.3 Å². The molecule has 0 radical (unpaired) electrons. The molecule has 1 amide bonds. The van der Waals surface area contributed by atoms with Crippen molar-refractivity contribution in [3.05, 3.63) is 64.8 Å². The molecule has 0 bridgehead atoms. The van der Waals surface area contributed by atoms with Crippen molar-refractivity contribution in [2.24, 2.45) is 0 Å². The molecule has 5 nitrogen and oxygen atoms in total. The van der Waals surface area contributed by atoms with Gasteiger partial charge in [0.05, 0.1) is 10.6 Å². The van der Waals surface area contributed by atoms with Crippen LogP contribution in [0.4, 0.5) is 10.1 Å². The van der Waals surface area contributed by atoms with Crippen LogP contribution in [0.3, 0.4) is 0 Å². The van der Waals surface area contributed by atoms with Crippen LogP contribution in [-0.2, 0) is 9.59 Å². The topological polar surface area (TPSA) is 66.8 Å². The molecular formula is C18H12FNO4S2. The van der Waals surface area contributed by atoms with Gasteiger partial charge in [-0.2, -0.15) is 0 Å². The molecule has 132 valence electrons. The first-order valence-electron chi connectivity index (χ1n) is 7.43. The summed E-state index contributed by atoms with van der Waals surface area (Å²) in [5.74, 6) is -1.77. The molecular weight excluding hydrogens is 377 g/mol. The number of hydrogen-bond acceptors (Lipinski definition) is 5. The van der Waals surface area contributed by atoms with Crippen molar-refractivity contribution in [3.8, 4) is 5.75 Å². The summed E-state index contributed by atoms with van der Waals surface area (Å²) in [5, 5.41) is 8.76. The fourth-order valence-corrected chi connectivity index (χ4v) is 3.60. The van der Waals surface area contributed by atoms with Crippen molar-refractivity contribution in [1.29, 1.82) is 0 Å². The first-order chi connectivity index (χ1) is 12.5. The Kier molecular flexibility index (Phi) is 5.34. The summed E-state index contributed by atoms with van der Waals surface area (Å²) < 4.78 is 19.5. The van der Waals surface area contributed by atoms with E-state index in [-0.39, 0.29) is 10.0 Å².